The second kappa shape index (κ2) is 11.1. The topological polar surface area (TPSA) is 63.6 Å². The minimum absolute atomic E-state index is 0.150. The third-order valence-electron chi connectivity index (χ3n) is 11.9. The summed E-state index contributed by atoms with van der Waals surface area (Å²) >= 11 is 0. The van der Waals surface area contributed by atoms with E-state index in [1.54, 1.807) is 0 Å². The molecule has 1 aromatic carbocycles. The standard InChI is InChI=1S/C35H50O4/c1-22(2)7-6-8-23(3)28-13-14-29-27-12-9-25-21-24(17-19-34(25,4)30(27)18-20-35(28,29)5)33(38)39-26-10-15-31(36)32(37)16-11-26/h9-11,15-16,22-24,27-30H,6-8,12-14,17-21H2,1-5H3,(H,36,37)/t23-,24+,27+,28-,29+,30+,34+,35-/m1/s1. The quantitative estimate of drug-likeness (QED) is 0.282. The Morgan fingerprint density at radius 1 is 1.00 bits per heavy atom. The van der Waals surface area contributed by atoms with E-state index in [0.29, 0.717) is 11.2 Å². The molecule has 1 aromatic rings. The van der Waals surface area contributed by atoms with Crippen LogP contribution in [0.3, 0.4) is 0 Å². The van der Waals surface area contributed by atoms with E-state index in [9.17, 15) is 14.7 Å². The number of carbonyl (C=O) groups is 1. The van der Waals surface area contributed by atoms with Crippen molar-refractivity contribution in [2.75, 3.05) is 0 Å². The number of hydrogen-bond donors (Lipinski definition) is 1. The molecular weight excluding hydrogens is 484 g/mol. The van der Waals surface area contributed by atoms with E-state index in [0.717, 1.165) is 54.8 Å². The zero-order valence-electron chi connectivity index (χ0n) is 24.9. The van der Waals surface area contributed by atoms with E-state index in [-0.39, 0.29) is 23.1 Å². The van der Waals surface area contributed by atoms with Crippen LogP contribution < -0.4 is 10.2 Å². The fourth-order valence-corrected chi connectivity index (χ4v) is 9.70. The van der Waals surface area contributed by atoms with Gasteiger partial charge in [0.2, 0.25) is 5.43 Å². The van der Waals surface area contributed by atoms with Gasteiger partial charge in [0.1, 0.15) is 5.75 Å². The van der Waals surface area contributed by atoms with Crippen LogP contribution >= 0.6 is 0 Å². The van der Waals surface area contributed by atoms with Crippen LogP contribution in [0.25, 0.3) is 0 Å². The van der Waals surface area contributed by atoms with Crippen molar-refractivity contribution in [3.8, 4) is 11.5 Å². The number of rotatable bonds is 7. The minimum Gasteiger partial charge on any atom is -0.504 e. The van der Waals surface area contributed by atoms with Crippen LogP contribution in [-0.4, -0.2) is 11.1 Å². The van der Waals surface area contributed by atoms with Gasteiger partial charge in [-0.2, -0.15) is 0 Å². The summed E-state index contributed by atoms with van der Waals surface area (Å²) in [6, 6.07) is 5.50. The van der Waals surface area contributed by atoms with Crippen LogP contribution in [0.1, 0.15) is 105 Å². The van der Waals surface area contributed by atoms with Crippen LogP contribution in [0.4, 0.5) is 0 Å². The molecule has 0 aliphatic heterocycles. The molecule has 0 heterocycles. The summed E-state index contributed by atoms with van der Waals surface area (Å²) in [5.41, 5.74) is 1.69. The Labute approximate surface area is 235 Å². The van der Waals surface area contributed by atoms with Crippen molar-refractivity contribution in [3.05, 3.63) is 46.1 Å². The molecule has 4 heteroatoms. The molecule has 39 heavy (non-hydrogen) atoms. The van der Waals surface area contributed by atoms with Gasteiger partial charge in [0.25, 0.3) is 0 Å². The number of carbonyl (C=O) groups excluding carboxylic acids is 1. The fourth-order valence-electron chi connectivity index (χ4n) is 9.70. The average molecular weight is 535 g/mol. The van der Waals surface area contributed by atoms with Crippen LogP contribution in [0.2, 0.25) is 0 Å². The molecule has 4 aliphatic rings. The summed E-state index contributed by atoms with van der Waals surface area (Å²) < 4.78 is 5.67. The van der Waals surface area contributed by atoms with E-state index in [4.69, 9.17) is 4.74 Å². The Balaban J connectivity index is 1.26. The SMILES string of the molecule is CC(C)CCC[C@@H](C)[C@H]1CC[C@H]2[C@@H]3CC=C4C[C@@H](C(=O)Oc5ccc(O)c(=O)cc5)CC[C@]4(C)[C@H]3CC[C@]12C. The normalized spacial score (nSPS) is 36.4. The van der Waals surface area contributed by atoms with Gasteiger partial charge in [0.05, 0.1) is 5.92 Å². The van der Waals surface area contributed by atoms with Crippen LogP contribution in [0, 0.1) is 52.3 Å². The lowest BCUT2D eigenvalue weighted by molar-refractivity contribution is -0.140. The molecule has 4 nitrogen and oxygen atoms in total. The average Bonchev–Trinajstić information content (AvgIpc) is 3.18. The van der Waals surface area contributed by atoms with Crippen LogP contribution in [0.15, 0.2) is 40.7 Å². The molecule has 0 radical (unpaired) electrons. The lowest BCUT2D eigenvalue weighted by Crippen LogP contribution is -2.50. The van der Waals surface area contributed by atoms with Gasteiger partial charge in [-0.1, -0.05) is 65.5 Å². The molecule has 0 aromatic heterocycles. The summed E-state index contributed by atoms with van der Waals surface area (Å²) in [4.78, 5) is 24.8. The summed E-state index contributed by atoms with van der Waals surface area (Å²) in [5.74, 6) is 4.46. The molecule has 5 rings (SSSR count). The number of allylic oxidation sites excluding steroid dienone is 2. The summed E-state index contributed by atoms with van der Waals surface area (Å²) in [6.45, 7) is 12.4. The predicted octanol–water partition coefficient (Wildman–Crippen LogP) is 8.32. The summed E-state index contributed by atoms with van der Waals surface area (Å²) in [5, 5.41) is 9.65. The van der Waals surface area contributed by atoms with E-state index >= 15 is 0 Å². The smallest absolute Gasteiger partial charge is 0.314 e. The molecule has 3 saturated carbocycles. The van der Waals surface area contributed by atoms with E-state index in [1.807, 2.05) is 0 Å². The third-order valence-corrected chi connectivity index (χ3v) is 11.9. The maximum Gasteiger partial charge on any atom is 0.314 e. The molecule has 1 N–H and O–H groups in total. The predicted molar refractivity (Wildman–Crippen MR) is 157 cm³/mol. The highest BCUT2D eigenvalue weighted by Gasteiger charge is 2.59. The lowest BCUT2D eigenvalue weighted by atomic mass is 9.46. The monoisotopic (exact) mass is 534 g/mol. The van der Waals surface area contributed by atoms with Crippen molar-refractivity contribution in [1.82, 2.24) is 0 Å². The van der Waals surface area contributed by atoms with Crippen molar-refractivity contribution in [2.24, 2.45) is 52.3 Å². The highest BCUT2D eigenvalue weighted by atomic mass is 16.5. The second-order valence-electron chi connectivity index (χ2n) is 14.5. The highest BCUT2D eigenvalue weighted by Crippen LogP contribution is 2.67. The van der Waals surface area contributed by atoms with Gasteiger partial charge < -0.3 is 9.84 Å². The maximum atomic E-state index is 13.1. The Bertz CT molecular complexity index is 1150. The first kappa shape index (κ1) is 28.4. The molecule has 4 aliphatic carbocycles. The molecule has 3 fully saturated rings. The van der Waals surface area contributed by atoms with E-state index in [2.05, 4.69) is 40.7 Å². The van der Waals surface area contributed by atoms with Crippen LogP contribution in [0.5, 0.6) is 11.5 Å². The summed E-state index contributed by atoms with van der Waals surface area (Å²) in [6.07, 6.45) is 16.0. The van der Waals surface area contributed by atoms with Gasteiger partial charge >= 0.3 is 5.97 Å². The maximum absolute atomic E-state index is 13.1. The van der Waals surface area contributed by atoms with Crippen LogP contribution in [-0.2, 0) is 4.79 Å². The molecular formula is C35H50O4. The highest BCUT2D eigenvalue weighted by molar-refractivity contribution is 5.75. The van der Waals surface area contributed by atoms with Crippen molar-refractivity contribution >= 4 is 5.97 Å². The van der Waals surface area contributed by atoms with Crippen molar-refractivity contribution in [3.63, 3.8) is 0 Å². The van der Waals surface area contributed by atoms with Gasteiger partial charge in [0.15, 0.2) is 5.75 Å². The number of fused-ring (bicyclic) bond motifs is 5. The van der Waals surface area contributed by atoms with Gasteiger partial charge in [-0.15, -0.1) is 0 Å². The first-order chi connectivity index (χ1) is 18.5. The number of hydrogen-bond acceptors (Lipinski definition) is 4. The third kappa shape index (κ3) is 5.34. The Hall–Kier alpha value is -2.10. The Morgan fingerprint density at radius 3 is 2.54 bits per heavy atom. The molecule has 214 valence electrons. The second-order valence-corrected chi connectivity index (χ2v) is 14.5. The zero-order chi connectivity index (χ0) is 27.9. The summed E-state index contributed by atoms with van der Waals surface area (Å²) in [7, 11) is 0. The van der Waals surface area contributed by atoms with E-state index in [1.165, 1.54) is 81.2 Å². The molecule has 0 unspecified atom stereocenters. The fraction of sp³-hybridized carbons (Fsp3) is 0.714. The van der Waals surface area contributed by atoms with Crippen molar-refractivity contribution in [1.29, 1.82) is 0 Å². The molecule has 0 saturated heterocycles. The first-order valence-corrected chi connectivity index (χ1v) is 15.8. The molecule has 0 amide bonds. The minimum atomic E-state index is -0.481. The molecule has 0 bridgehead atoms. The van der Waals surface area contributed by atoms with Crippen molar-refractivity contribution < 1.29 is 14.6 Å². The largest absolute Gasteiger partial charge is 0.504 e. The van der Waals surface area contributed by atoms with E-state index < -0.39 is 5.43 Å². The van der Waals surface area contributed by atoms with Gasteiger partial charge in [0, 0.05) is 0 Å². The first-order valence-electron chi connectivity index (χ1n) is 15.8. The van der Waals surface area contributed by atoms with Gasteiger partial charge in [-0.05, 0) is 122 Å². The number of aromatic hydroxyl groups is 1. The zero-order valence-corrected chi connectivity index (χ0v) is 24.9. The van der Waals surface area contributed by atoms with Crippen molar-refractivity contribution in [2.45, 2.75) is 105 Å². The lowest BCUT2D eigenvalue weighted by Gasteiger charge is -2.58. The Morgan fingerprint density at radius 2 is 1.77 bits per heavy atom. The number of ether oxygens (including phenoxy) is 1. The molecule has 0 spiro atoms. The van der Waals surface area contributed by atoms with Gasteiger partial charge in [-0.25, -0.2) is 0 Å². The number of esters is 1. The van der Waals surface area contributed by atoms with Gasteiger partial charge in [-0.3, -0.25) is 9.59 Å². The molecule has 8 atom stereocenters. The Kier molecular flexibility index (Phi) is 8.06.